The molecule has 40 heavy (non-hydrogen) atoms. The van der Waals surface area contributed by atoms with Crippen molar-refractivity contribution < 1.29 is 14.4 Å². The molecule has 7 nitrogen and oxygen atoms in total. The first-order valence-electron chi connectivity index (χ1n) is 12.8. The lowest BCUT2D eigenvalue weighted by Gasteiger charge is -2.35. The number of amides is 2. The molecule has 0 saturated heterocycles. The zero-order valence-corrected chi connectivity index (χ0v) is 23.4. The Kier molecular flexibility index (Phi) is 7.96. The van der Waals surface area contributed by atoms with E-state index in [9.17, 15) is 14.4 Å². The number of Topliss-reactive ketones (excluding diaryl/α,β-unsaturated/α-hetero) is 1. The maximum Gasteiger partial charge on any atom is 0.258 e. The van der Waals surface area contributed by atoms with Crippen molar-refractivity contribution in [2.75, 3.05) is 5.32 Å². The average Bonchev–Trinajstić information content (AvgIpc) is 3.03. The molecule has 202 valence electrons. The van der Waals surface area contributed by atoms with Crippen LogP contribution in [-0.4, -0.2) is 38.5 Å². The zero-order chi connectivity index (χ0) is 28.4. The van der Waals surface area contributed by atoms with Crippen molar-refractivity contribution in [2.45, 2.75) is 38.8 Å². The second-order valence-corrected chi connectivity index (χ2v) is 10.6. The second kappa shape index (κ2) is 11.6. The van der Waals surface area contributed by atoms with Crippen LogP contribution < -0.4 is 5.32 Å². The highest BCUT2D eigenvalue weighted by molar-refractivity contribution is 6.34. The minimum absolute atomic E-state index is 0.0786. The summed E-state index contributed by atoms with van der Waals surface area (Å²) in [7, 11) is 0. The Morgan fingerprint density at radius 1 is 1.05 bits per heavy atom. The minimum Gasteiger partial charge on any atom is -0.321 e. The van der Waals surface area contributed by atoms with Crippen LogP contribution in [0, 0.1) is 6.92 Å². The molecule has 4 aromatic rings. The smallest absolute Gasteiger partial charge is 0.258 e. The standard InChI is InChI=1S/C31H26Cl2N4O3/c1-18-6-11-29(35-17-18)36-30(39)25-9-7-20(14-26(25)33)19(2)37-27(16-23-5-3-4-12-34-23)28(38)15-21-13-22(32)8-10-24(21)31(37)40/h3-14,17,19,27H,15-16H2,1-2H3,(H,35,36,39)/t19?,27-/m1/s1. The van der Waals surface area contributed by atoms with Crippen LogP contribution in [0.2, 0.25) is 10.0 Å². The number of hydrogen-bond donors (Lipinski definition) is 1. The van der Waals surface area contributed by atoms with Crippen LogP contribution in [-0.2, 0) is 17.6 Å². The number of halogens is 2. The number of rotatable bonds is 6. The summed E-state index contributed by atoms with van der Waals surface area (Å²) < 4.78 is 0. The molecule has 9 heteroatoms. The highest BCUT2D eigenvalue weighted by Gasteiger charge is 2.39. The van der Waals surface area contributed by atoms with E-state index in [1.165, 1.54) is 0 Å². The summed E-state index contributed by atoms with van der Waals surface area (Å²) in [5, 5.41) is 3.43. The number of ketones is 1. The van der Waals surface area contributed by atoms with Gasteiger partial charge in [-0.15, -0.1) is 0 Å². The molecule has 5 rings (SSSR count). The van der Waals surface area contributed by atoms with Gasteiger partial charge in [-0.1, -0.05) is 41.4 Å². The van der Waals surface area contributed by atoms with Crippen LogP contribution >= 0.6 is 23.2 Å². The third-order valence-electron chi connectivity index (χ3n) is 7.02. The molecule has 0 aliphatic carbocycles. The summed E-state index contributed by atoms with van der Waals surface area (Å²) in [6, 6.07) is 17.8. The number of anilines is 1. The maximum atomic E-state index is 14.0. The molecule has 1 N–H and O–H groups in total. The summed E-state index contributed by atoms with van der Waals surface area (Å²) in [5.74, 6) is -0.386. The number of hydrogen-bond acceptors (Lipinski definition) is 5. The van der Waals surface area contributed by atoms with Gasteiger partial charge in [-0.3, -0.25) is 19.4 Å². The molecule has 0 fully saturated rings. The van der Waals surface area contributed by atoms with Gasteiger partial charge in [0.2, 0.25) is 0 Å². The summed E-state index contributed by atoms with van der Waals surface area (Å²) in [5.41, 5.74) is 3.65. The quantitative estimate of drug-likeness (QED) is 0.293. The minimum atomic E-state index is -0.766. The molecule has 2 aromatic carbocycles. The highest BCUT2D eigenvalue weighted by Crippen LogP contribution is 2.33. The molecule has 3 heterocycles. The Labute approximate surface area is 242 Å². The van der Waals surface area contributed by atoms with Crippen molar-refractivity contribution in [3.8, 4) is 0 Å². The fraction of sp³-hybridized carbons (Fsp3) is 0.194. The Bertz CT molecular complexity index is 1590. The number of aromatic nitrogens is 2. The first-order chi connectivity index (χ1) is 19.2. The molecule has 2 atom stereocenters. The maximum absolute atomic E-state index is 14.0. The van der Waals surface area contributed by atoms with Gasteiger partial charge in [0.15, 0.2) is 5.78 Å². The van der Waals surface area contributed by atoms with Crippen molar-refractivity contribution in [3.63, 3.8) is 0 Å². The van der Waals surface area contributed by atoms with Gasteiger partial charge in [-0.25, -0.2) is 4.98 Å². The number of carbonyl (C=O) groups excluding carboxylic acids is 3. The van der Waals surface area contributed by atoms with Gasteiger partial charge < -0.3 is 10.2 Å². The van der Waals surface area contributed by atoms with Crippen LogP contribution in [0.15, 0.2) is 79.1 Å². The molecule has 2 aromatic heterocycles. The van der Waals surface area contributed by atoms with Crippen LogP contribution in [0.1, 0.15) is 56.1 Å². The average molecular weight is 573 g/mol. The number of nitrogens with one attached hydrogen (secondary N) is 1. The van der Waals surface area contributed by atoms with Crippen molar-refractivity contribution in [1.82, 2.24) is 14.9 Å². The predicted molar refractivity (Wildman–Crippen MR) is 155 cm³/mol. The largest absolute Gasteiger partial charge is 0.321 e. The van der Waals surface area contributed by atoms with Crippen LogP contribution in [0.5, 0.6) is 0 Å². The van der Waals surface area contributed by atoms with Gasteiger partial charge >= 0.3 is 0 Å². The third-order valence-corrected chi connectivity index (χ3v) is 7.57. The molecular weight excluding hydrogens is 547 g/mol. The first-order valence-corrected chi connectivity index (χ1v) is 13.5. The summed E-state index contributed by atoms with van der Waals surface area (Å²) in [6.07, 6.45) is 3.66. The normalized spacial score (nSPS) is 15.8. The molecular formula is C31H26Cl2N4O3. The number of carbonyl (C=O) groups is 3. The lowest BCUT2D eigenvalue weighted by atomic mass is 9.97. The lowest BCUT2D eigenvalue weighted by molar-refractivity contribution is -0.123. The molecule has 2 amide bonds. The van der Waals surface area contributed by atoms with Crippen molar-refractivity contribution in [3.05, 3.63) is 123 Å². The Morgan fingerprint density at radius 3 is 2.58 bits per heavy atom. The number of fused-ring (bicyclic) bond motifs is 1. The van der Waals surface area contributed by atoms with E-state index in [-0.39, 0.29) is 35.1 Å². The summed E-state index contributed by atoms with van der Waals surface area (Å²) in [4.78, 5) is 50.7. The number of pyridine rings is 2. The molecule has 0 spiro atoms. The van der Waals surface area contributed by atoms with Crippen molar-refractivity contribution >= 4 is 46.6 Å². The van der Waals surface area contributed by atoms with Gasteiger partial charge in [0.05, 0.1) is 22.7 Å². The molecule has 0 bridgehead atoms. The van der Waals surface area contributed by atoms with Crippen LogP contribution in [0.25, 0.3) is 0 Å². The van der Waals surface area contributed by atoms with Gasteiger partial charge in [0, 0.05) is 41.5 Å². The van der Waals surface area contributed by atoms with Crippen LogP contribution in [0.4, 0.5) is 5.82 Å². The predicted octanol–water partition coefficient (Wildman–Crippen LogP) is 6.28. The van der Waals surface area contributed by atoms with Gasteiger partial charge in [-0.2, -0.15) is 0 Å². The topological polar surface area (TPSA) is 92.3 Å². The third kappa shape index (κ3) is 5.76. The highest BCUT2D eigenvalue weighted by atomic mass is 35.5. The SMILES string of the molecule is Cc1ccc(NC(=O)c2ccc(C(C)N3C(=O)c4ccc(Cl)cc4CC(=O)[C@H]3Cc3ccccn3)cc2Cl)nc1. The van der Waals surface area contributed by atoms with E-state index in [1.807, 2.05) is 32.0 Å². The summed E-state index contributed by atoms with van der Waals surface area (Å²) >= 11 is 12.8. The molecule has 1 unspecified atom stereocenters. The van der Waals surface area contributed by atoms with E-state index < -0.39 is 18.0 Å². The number of nitrogens with zero attached hydrogens (tertiary/aromatic N) is 3. The fourth-order valence-electron chi connectivity index (χ4n) is 4.89. The zero-order valence-electron chi connectivity index (χ0n) is 21.9. The van der Waals surface area contributed by atoms with E-state index in [2.05, 4.69) is 15.3 Å². The summed E-state index contributed by atoms with van der Waals surface area (Å²) in [6.45, 7) is 3.76. The van der Waals surface area contributed by atoms with E-state index in [0.29, 0.717) is 33.2 Å². The number of aryl methyl sites for hydroxylation is 1. The molecule has 0 radical (unpaired) electrons. The monoisotopic (exact) mass is 572 g/mol. The Balaban J connectivity index is 1.48. The van der Waals surface area contributed by atoms with Gasteiger partial charge in [0.25, 0.3) is 11.8 Å². The van der Waals surface area contributed by atoms with Crippen molar-refractivity contribution in [1.29, 1.82) is 0 Å². The second-order valence-electron chi connectivity index (χ2n) is 9.79. The van der Waals surface area contributed by atoms with E-state index in [1.54, 1.807) is 65.8 Å². The number of benzene rings is 2. The van der Waals surface area contributed by atoms with Gasteiger partial charge in [0.1, 0.15) is 5.82 Å². The Morgan fingerprint density at radius 2 is 1.88 bits per heavy atom. The van der Waals surface area contributed by atoms with Gasteiger partial charge in [-0.05, 0) is 79.1 Å². The first kappa shape index (κ1) is 27.5. The van der Waals surface area contributed by atoms with E-state index in [0.717, 1.165) is 5.56 Å². The van der Waals surface area contributed by atoms with E-state index >= 15 is 0 Å². The lowest BCUT2D eigenvalue weighted by Crippen LogP contribution is -2.46. The van der Waals surface area contributed by atoms with Crippen molar-refractivity contribution in [2.24, 2.45) is 0 Å². The fourth-order valence-corrected chi connectivity index (χ4v) is 5.36. The van der Waals surface area contributed by atoms with E-state index in [4.69, 9.17) is 23.2 Å². The molecule has 1 aliphatic heterocycles. The molecule has 1 aliphatic rings. The van der Waals surface area contributed by atoms with Crippen LogP contribution in [0.3, 0.4) is 0 Å². The molecule has 0 saturated carbocycles. The Hall–Kier alpha value is -4.07.